The van der Waals surface area contributed by atoms with Crippen molar-refractivity contribution in [3.05, 3.63) is 77.1 Å². The van der Waals surface area contributed by atoms with E-state index in [2.05, 4.69) is 69.3 Å². The van der Waals surface area contributed by atoms with Gasteiger partial charge in [-0.3, -0.25) is 9.78 Å². The molecule has 0 aliphatic heterocycles. The number of hydrogen-bond acceptors (Lipinski definition) is 3. The van der Waals surface area contributed by atoms with Gasteiger partial charge in [0, 0.05) is 43.4 Å². The van der Waals surface area contributed by atoms with Gasteiger partial charge in [0.25, 0.3) is 0 Å². The Labute approximate surface area is 248 Å². The third-order valence-corrected chi connectivity index (χ3v) is 8.07. The van der Waals surface area contributed by atoms with Gasteiger partial charge in [0.05, 0.1) is 11.3 Å². The summed E-state index contributed by atoms with van der Waals surface area (Å²) in [7, 11) is 0. The van der Waals surface area contributed by atoms with Crippen LogP contribution in [0.5, 0.6) is 0 Å². The van der Waals surface area contributed by atoms with E-state index in [0.717, 1.165) is 60.9 Å². The van der Waals surface area contributed by atoms with Crippen LogP contribution in [0.1, 0.15) is 94.2 Å². The molecule has 1 aromatic heterocycles. The van der Waals surface area contributed by atoms with E-state index in [9.17, 15) is 9.90 Å². The molecule has 0 bridgehead atoms. The molecule has 0 amide bonds. The van der Waals surface area contributed by atoms with Crippen LogP contribution in [0.2, 0.25) is 0 Å². The number of aliphatic hydroxyl groups excluding tert-OH is 1. The van der Waals surface area contributed by atoms with E-state index in [1.807, 2.05) is 0 Å². The summed E-state index contributed by atoms with van der Waals surface area (Å²) in [6.45, 7) is 6.43. The number of ketones is 1. The second kappa shape index (κ2) is 15.5. The molecule has 2 aromatic carbocycles. The van der Waals surface area contributed by atoms with Crippen LogP contribution in [0.15, 0.2) is 54.3 Å². The first-order valence-electron chi connectivity index (χ1n) is 14.8. The molecule has 4 heteroatoms. The molecule has 2 aliphatic rings. The zero-order valence-electron chi connectivity index (χ0n) is 23.9. The largest absolute Gasteiger partial charge is 0.512 e. The summed E-state index contributed by atoms with van der Waals surface area (Å²) in [6.07, 6.45) is 15.2. The number of pyridine rings is 1. The third-order valence-electron chi connectivity index (χ3n) is 8.07. The van der Waals surface area contributed by atoms with E-state index in [0.29, 0.717) is 5.76 Å². The minimum atomic E-state index is 0. The van der Waals surface area contributed by atoms with Gasteiger partial charge in [0.15, 0.2) is 5.78 Å². The Hall–Kier alpha value is -2.29. The topological polar surface area (TPSA) is 50.2 Å². The fourth-order valence-corrected chi connectivity index (χ4v) is 6.06. The van der Waals surface area contributed by atoms with Crippen molar-refractivity contribution >= 4 is 16.7 Å². The molecule has 0 unspecified atom stereocenters. The smallest absolute Gasteiger partial charge is 0.162 e. The van der Waals surface area contributed by atoms with Crippen molar-refractivity contribution in [1.29, 1.82) is 0 Å². The molecule has 2 fully saturated rings. The van der Waals surface area contributed by atoms with E-state index >= 15 is 0 Å². The Balaban J connectivity index is 0.000000215. The number of carbonyl (C=O) groups is 1. The molecular weight excluding hydrogens is 659 g/mol. The van der Waals surface area contributed by atoms with E-state index in [-0.39, 0.29) is 37.7 Å². The van der Waals surface area contributed by atoms with Crippen molar-refractivity contribution in [2.75, 3.05) is 0 Å². The second-order valence-electron chi connectivity index (χ2n) is 11.3. The molecule has 1 N–H and O–H groups in total. The minimum absolute atomic E-state index is 0. The monoisotopic (exact) mass is 703 g/mol. The zero-order valence-corrected chi connectivity index (χ0v) is 26.3. The Morgan fingerprint density at radius 2 is 1.59 bits per heavy atom. The van der Waals surface area contributed by atoms with Crippen molar-refractivity contribution in [3.63, 3.8) is 0 Å². The van der Waals surface area contributed by atoms with Gasteiger partial charge in [-0.15, -0.1) is 34.9 Å². The van der Waals surface area contributed by atoms with Crippen LogP contribution >= 0.6 is 0 Å². The number of rotatable bonds is 6. The summed E-state index contributed by atoms with van der Waals surface area (Å²) in [6, 6.07) is 18.4. The fourth-order valence-electron chi connectivity index (χ4n) is 6.06. The van der Waals surface area contributed by atoms with Crippen LogP contribution in [0.4, 0.5) is 0 Å². The zero-order chi connectivity index (χ0) is 26.9. The number of hydrogen-bond donors (Lipinski definition) is 1. The summed E-state index contributed by atoms with van der Waals surface area (Å²) in [4.78, 5) is 16.9. The van der Waals surface area contributed by atoms with Gasteiger partial charge in [-0.1, -0.05) is 90.0 Å². The van der Waals surface area contributed by atoms with Crippen molar-refractivity contribution in [3.8, 4) is 11.3 Å². The van der Waals surface area contributed by atoms with E-state index < -0.39 is 0 Å². The first-order chi connectivity index (χ1) is 18.4. The Morgan fingerprint density at radius 3 is 2.23 bits per heavy atom. The molecule has 1 radical (unpaired) electrons. The van der Waals surface area contributed by atoms with E-state index in [1.54, 1.807) is 6.08 Å². The number of benzene rings is 2. The summed E-state index contributed by atoms with van der Waals surface area (Å²) < 4.78 is 0. The maximum Gasteiger partial charge on any atom is 0.162 e. The second-order valence-corrected chi connectivity index (χ2v) is 11.3. The predicted molar refractivity (Wildman–Crippen MR) is 158 cm³/mol. The van der Waals surface area contributed by atoms with Crippen molar-refractivity contribution in [2.45, 2.75) is 97.8 Å². The summed E-state index contributed by atoms with van der Waals surface area (Å²) >= 11 is 0. The average molecular weight is 703 g/mol. The molecule has 3 aromatic rings. The number of fused-ring (bicyclic) bond motifs is 1. The number of allylic oxidation sites excluding steroid dienone is 2. The summed E-state index contributed by atoms with van der Waals surface area (Å²) in [5, 5.41) is 11.3. The maximum atomic E-state index is 12.0. The van der Waals surface area contributed by atoms with Gasteiger partial charge in [0.1, 0.15) is 0 Å². The quantitative estimate of drug-likeness (QED) is 0.158. The minimum Gasteiger partial charge on any atom is -0.512 e. The Kier molecular flexibility index (Phi) is 12.4. The van der Waals surface area contributed by atoms with Gasteiger partial charge < -0.3 is 5.11 Å². The van der Waals surface area contributed by atoms with Crippen molar-refractivity contribution in [1.82, 2.24) is 4.98 Å². The number of aromatic nitrogens is 1. The normalized spacial score (nSPS) is 16.7. The van der Waals surface area contributed by atoms with Crippen molar-refractivity contribution < 1.29 is 30.0 Å². The molecule has 2 aliphatic carbocycles. The molecule has 5 rings (SSSR count). The molecule has 0 spiro atoms. The average Bonchev–Trinajstić information content (AvgIpc) is 2.94. The number of aliphatic hydroxyl groups is 1. The summed E-state index contributed by atoms with van der Waals surface area (Å²) in [5.74, 6) is 0.985. The van der Waals surface area contributed by atoms with E-state index in [4.69, 9.17) is 4.98 Å². The van der Waals surface area contributed by atoms with Gasteiger partial charge in [0.2, 0.25) is 0 Å². The molecule has 2 saturated carbocycles. The fraction of sp³-hybridized carbons (Fsp3) is 0.486. The number of aryl methyl sites for hydroxylation is 3. The SMILES string of the molecule is CCCc1cc(-c2[c-]c(C)cc(C)c2)nc2ccccc12.O=C(/C=C(\O)C1CCCCC1)C1CCCCC1.[Ir]. The van der Waals surface area contributed by atoms with Crippen molar-refractivity contribution in [2.24, 2.45) is 11.8 Å². The van der Waals surface area contributed by atoms with Crippen LogP contribution < -0.4 is 0 Å². The molecule has 3 nitrogen and oxygen atoms in total. The predicted octanol–water partition coefficient (Wildman–Crippen LogP) is 9.43. The van der Waals surface area contributed by atoms with E-state index in [1.165, 1.54) is 55.0 Å². The first-order valence-corrected chi connectivity index (χ1v) is 14.8. The standard InChI is InChI=1S/C20H20N.C15H24O2.Ir/c1-4-7-16-13-20(17-11-14(2)10-15(3)12-17)21-19-9-6-5-8-18(16)19;16-14(12-7-3-1-4-8-12)11-15(17)13-9-5-2-6-10-13;/h5-6,8-11,13H,4,7H2,1-3H3;11-13,16H,1-10H2;/q-1;;/b;14-11-;. The Morgan fingerprint density at radius 1 is 0.949 bits per heavy atom. The molecule has 0 saturated heterocycles. The first kappa shape index (κ1) is 31.2. The molecule has 39 heavy (non-hydrogen) atoms. The molecular formula is C35H44IrNO2-. The van der Waals surface area contributed by atoms with Gasteiger partial charge in [-0.2, -0.15) is 0 Å². The van der Waals surface area contributed by atoms with Crippen LogP contribution in [0.3, 0.4) is 0 Å². The molecule has 211 valence electrons. The summed E-state index contributed by atoms with van der Waals surface area (Å²) in [5.41, 5.74) is 7.00. The third kappa shape index (κ3) is 8.85. The molecule has 1 heterocycles. The van der Waals surface area contributed by atoms with Crippen LogP contribution in [-0.2, 0) is 31.3 Å². The van der Waals surface area contributed by atoms with Gasteiger partial charge in [-0.05, 0) is 49.4 Å². The van der Waals surface area contributed by atoms with Gasteiger partial charge >= 0.3 is 0 Å². The Bertz CT molecular complexity index is 1230. The number of nitrogens with zero attached hydrogens (tertiary/aromatic N) is 1. The number of carbonyl (C=O) groups excluding carboxylic acids is 1. The van der Waals surface area contributed by atoms with Crippen LogP contribution in [-0.4, -0.2) is 15.9 Å². The van der Waals surface area contributed by atoms with Crippen LogP contribution in [0.25, 0.3) is 22.2 Å². The maximum absolute atomic E-state index is 12.0. The number of para-hydroxylation sites is 1. The van der Waals surface area contributed by atoms with Gasteiger partial charge in [-0.25, -0.2) is 0 Å². The van der Waals surface area contributed by atoms with Crippen LogP contribution in [0, 0.1) is 31.7 Å². The molecule has 0 atom stereocenters.